The van der Waals surface area contributed by atoms with Crippen LogP contribution in [0.1, 0.15) is 24.6 Å². The van der Waals surface area contributed by atoms with Gasteiger partial charge >= 0.3 is 0 Å². The number of halogens is 1. The van der Waals surface area contributed by atoms with Crippen molar-refractivity contribution in [2.24, 2.45) is 0 Å². The molecule has 0 bridgehead atoms. The molecule has 0 saturated carbocycles. The van der Waals surface area contributed by atoms with E-state index in [0.29, 0.717) is 25.3 Å². The summed E-state index contributed by atoms with van der Waals surface area (Å²) < 4.78 is 26.6. The first-order valence-corrected chi connectivity index (χ1v) is 11.4. The maximum Gasteiger partial charge on any atom is 0.227 e. The monoisotopic (exact) mass is 459 g/mol. The largest absolute Gasteiger partial charge is 0.497 e. The molecule has 1 aromatic heterocycles. The number of hydrogen-bond acceptors (Lipinski definition) is 4. The van der Waals surface area contributed by atoms with Crippen molar-refractivity contribution in [3.8, 4) is 11.5 Å². The van der Waals surface area contributed by atoms with Crippen molar-refractivity contribution in [3.63, 3.8) is 0 Å². The fourth-order valence-electron chi connectivity index (χ4n) is 4.48. The first-order chi connectivity index (χ1) is 16.6. The summed E-state index contributed by atoms with van der Waals surface area (Å²) in [6.07, 6.45) is 1.17. The summed E-state index contributed by atoms with van der Waals surface area (Å²) in [5.74, 6) is 2.18. The van der Waals surface area contributed by atoms with E-state index in [4.69, 9.17) is 14.5 Å². The van der Waals surface area contributed by atoms with Crippen LogP contribution in [0.4, 0.5) is 10.1 Å². The minimum Gasteiger partial charge on any atom is -0.497 e. The van der Waals surface area contributed by atoms with Gasteiger partial charge in [-0.25, -0.2) is 9.37 Å². The number of fused-ring (bicyclic) bond motifs is 1. The van der Waals surface area contributed by atoms with E-state index in [9.17, 15) is 9.18 Å². The molecule has 1 amide bonds. The Bertz CT molecular complexity index is 1280. The van der Waals surface area contributed by atoms with Crippen LogP contribution in [0, 0.1) is 5.82 Å². The second-order valence-corrected chi connectivity index (χ2v) is 8.37. The maximum absolute atomic E-state index is 13.3. The molecule has 3 aromatic carbocycles. The first-order valence-electron chi connectivity index (χ1n) is 11.4. The number of amides is 1. The van der Waals surface area contributed by atoms with Gasteiger partial charge in [-0.15, -0.1) is 0 Å². The van der Waals surface area contributed by atoms with Crippen LogP contribution in [0.2, 0.25) is 0 Å². The van der Waals surface area contributed by atoms with E-state index in [-0.39, 0.29) is 17.6 Å². The molecule has 0 spiro atoms. The van der Waals surface area contributed by atoms with Gasteiger partial charge in [0.2, 0.25) is 5.91 Å². The highest BCUT2D eigenvalue weighted by molar-refractivity contribution is 5.96. The normalized spacial score (nSPS) is 15.8. The zero-order valence-electron chi connectivity index (χ0n) is 19.0. The number of imidazole rings is 1. The van der Waals surface area contributed by atoms with E-state index in [2.05, 4.69) is 10.6 Å². The molecule has 0 unspecified atom stereocenters. The van der Waals surface area contributed by atoms with Crippen LogP contribution in [0.15, 0.2) is 72.8 Å². The quantitative estimate of drug-likeness (QED) is 0.341. The molecular weight excluding hydrogens is 433 g/mol. The summed E-state index contributed by atoms with van der Waals surface area (Å²) in [4.78, 5) is 19.4. The average Bonchev–Trinajstić information content (AvgIpc) is 3.43. The zero-order valence-corrected chi connectivity index (χ0v) is 19.0. The van der Waals surface area contributed by atoms with E-state index in [1.54, 1.807) is 24.1 Å². The van der Waals surface area contributed by atoms with Gasteiger partial charge in [0.05, 0.1) is 24.8 Å². The second kappa shape index (κ2) is 9.55. The van der Waals surface area contributed by atoms with Crippen LogP contribution in [-0.2, 0) is 11.3 Å². The molecule has 2 heterocycles. The molecule has 0 N–H and O–H groups in total. The van der Waals surface area contributed by atoms with Gasteiger partial charge in [0.1, 0.15) is 23.1 Å². The summed E-state index contributed by atoms with van der Waals surface area (Å²) in [6.45, 7) is 1.81. The molecule has 4 aromatic rings. The number of methoxy groups -OCH3 is 1. The fraction of sp³-hybridized carbons (Fsp3) is 0.259. The van der Waals surface area contributed by atoms with Crippen LogP contribution in [0.3, 0.4) is 0 Å². The predicted octanol–water partition coefficient (Wildman–Crippen LogP) is 5.17. The Labute approximate surface area is 197 Å². The third-order valence-corrected chi connectivity index (χ3v) is 6.17. The van der Waals surface area contributed by atoms with Gasteiger partial charge in [0.25, 0.3) is 0 Å². The standard InChI is InChI=1S/C27H26FN3O3/c1-33-22-11-13-23(14-12-22)34-16-4-15-30-25-6-3-2-5-24(25)29-27(30)19-17-26(32)31(18-19)21-9-7-20(28)8-10-21/h2-3,5-14,19H,4,15-18H2,1H3/t19-/m1/s1. The number of carbonyl (C=O) groups is 1. The lowest BCUT2D eigenvalue weighted by molar-refractivity contribution is -0.117. The lowest BCUT2D eigenvalue weighted by Crippen LogP contribution is -2.24. The highest BCUT2D eigenvalue weighted by Gasteiger charge is 2.34. The Morgan fingerprint density at radius 1 is 1.00 bits per heavy atom. The molecule has 7 heteroatoms. The van der Waals surface area contributed by atoms with Gasteiger partial charge in [-0.3, -0.25) is 4.79 Å². The van der Waals surface area contributed by atoms with Gasteiger partial charge in [0.15, 0.2) is 0 Å². The van der Waals surface area contributed by atoms with Crippen molar-refractivity contribution in [2.45, 2.75) is 25.3 Å². The topological polar surface area (TPSA) is 56.6 Å². The number of hydrogen-bond donors (Lipinski definition) is 0. The Kier molecular flexibility index (Phi) is 6.16. The molecular formula is C27H26FN3O3. The molecule has 1 aliphatic rings. The van der Waals surface area contributed by atoms with Gasteiger partial charge in [-0.1, -0.05) is 12.1 Å². The number of aromatic nitrogens is 2. The minimum absolute atomic E-state index is 0.0260. The van der Waals surface area contributed by atoms with Crippen LogP contribution >= 0.6 is 0 Å². The van der Waals surface area contributed by atoms with Gasteiger partial charge < -0.3 is 18.9 Å². The van der Waals surface area contributed by atoms with E-state index < -0.39 is 0 Å². The SMILES string of the molecule is COc1ccc(OCCCn2c([C@@H]3CC(=O)N(c4ccc(F)cc4)C3)nc3ccccc32)cc1. The molecule has 0 radical (unpaired) electrons. The Hall–Kier alpha value is -3.87. The molecule has 1 atom stereocenters. The lowest BCUT2D eigenvalue weighted by Gasteiger charge is -2.17. The van der Waals surface area contributed by atoms with Crippen LogP contribution in [0.5, 0.6) is 11.5 Å². The second-order valence-electron chi connectivity index (χ2n) is 8.37. The smallest absolute Gasteiger partial charge is 0.227 e. The summed E-state index contributed by atoms with van der Waals surface area (Å²) in [7, 11) is 1.64. The van der Waals surface area contributed by atoms with E-state index in [0.717, 1.165) is 41.3 Å². The molecule has 5 rings (SSSR count). The number of nitrogens with zero attached hydrogens (tertiary/aromatic N) is 3. The van der Waals surface area contributed by atoms with Gasteiger partial charge in [-0.2, -0.15) is 0 Å². The molecule has 1 saturated heterocycles. The third kappa shape index (κ3) is 4.46. The van der Waals surface area contributed by atoms with Crippen molar-refractivity contribution < 1.29 is 18.7 Å². The van der Waals surface area contributed by atoms with Crippen molar-refractivity contribution in [3.05, 3.63) is 84.4 Å². The van der Waals surface area contributed by atoms with Crippen molar-refractivity contribution >= 4 is 22.6 Å². The number of para-hydroxylation sites is 2. The molecule has 34 heavy (non-hydrogen) atoms. The van der Waals surface area contributed by atoms with Crippen molar-refractivity contribution in [1.82, 2.24) is 9.55 Å². The molecule has 0 aliphatic carbocycles. The number of aryl methyl sites for hydroxylation is 1. The Balaban J connectivity index is 1.32. The predicted molar refractivity (Wildman–Crippen MR) is 129 cm³/mol. The van der Waals surface area contributed by atoms with Crippen LogP contribution in [0.25, 0.3) is 11.0 Å². The highest BCUT2D eigenvalue weighted by atomic mass is 19.1. The Morgan fingerprint density at radius 2 is 1.74 bits per heavy atom. The summed E-state index contributed by atoms with van der Waals surface area (Å²) in [6, 6.07) is 21.6. The van der Waals surface area contributed by atoms with Crippen molar-refractivity contribution in [2.75, 3.05) is 25.2 Å². The average molecular weight is 460 g/mol. The van der Waals surface area contributed by atoms with Gasteiger partial charge in [-0.05, 0) is 67.1 Å². The van der Waals surface area contributed by atoms with Crippen LogP contribution < -0.4 is 14.4 Å². The summed E-state index contributed by atoms with van der Waals surface area (Å²) in [5.41, 5.74) is 2.68. The van der Waals surface area contributed by atoms with Crippen LogP contribution in [-0.4, -0.2) is 35.7 Å². The van der Waals surface area contributed by atoms with E-state index in [1.165, 1.54) is 12.1 Å². The first kappa shape index (κ1) is 21.9. The summed E-state index contributed by atoms with van der Waals surface area (Å²) in [5, 5.41) is 0. The molecule has 174 valence electrons. The number of rotatable bonds is 8. The minimum atomic E-state index is -0.314. The highest BCUT2D eigenvalue weighted by Crippen LogP contribution is 2.33. The third-order valence-electron chi connectivity index (χ3n) is 6.17. The fourth-order valence-corrected chi connectivity index (χ4v) is 4.48. The number of benzene rings is 3. The number of anilines is 1. The van der Waals surface area contributed by atoms with E-state index in [1.807, 2.05) is 42.5 Å². The number of carbonyl (C=O) groups excluding carboxylic acids is 1. The molecule has 6 nitrogen and oxygen atoms in total. The molecule has 1 aliphatic heterocycles. The summed E-state index contributed by atoms with van der Waals surface area (Å²) >= 11 is 0. The van der Waals surface area contributed by atoms with E-state index >= 15 is 0 Å². The van der Waals surface area contributed by atoms with Gasteiger partial charge in [0, 0.05) is 31.1 Å². The zero-order chi connectivity index (χ0) is 23.5. The number of ether oxygens (including phenoxy) is 2. The Morgan fingerprint density at radius 3 is 2.50 bits per heavy atom. The molecule has 1 fully saturated rings. The van der Waals surface area contributed by atoms with Crippen molar-refractivity contribution in [1.29, 1.82) is 0 Å². The lowest BCUT2D eigenvalue weighted by atomic mass is 10.1. The maximum atomic E-state index is 13.3.